The van der Waals surface area contributed by atoms with E-state index in [2.05, 4.69) is 0 Å². The van der Waals surface area contributed by atoms with Crippen LogP contribution in [0, 0.1) is 0 Å². The van der Waals surface area contributed by atoms with E-state index in [1.807, 2.05) is 42.5 Å². The highest BCUT2D eigenvalue weighted by atomic mass is 16.5. The van der Waals surface area contributed by atoms with Crippen LogP contribution in [-0.4, -0.2) is 54.0 Å². The number of hydrogen-bond donors (Lipinski definition) is 3. The fraction of sp³-hybridized carbons (Fsp3) is 0.429. The fourth-order valence-electron chi connectivity index (χ4n) is 2.35. The number of hydrogen-bond acceptors (Lipinski definition) is 6. The van der Waals surface area contributed by atoms with Crippen molar-refractivity contribution in [2.24, 2.45) is 0 Å². The lowest BCUT2D eigenvalue weighted by atomic mass is 10.2. The molecule has 0 aliphatic heterocycles. The summed E-state index contributed by atoms with van der Waals surface area (Å²) in [6, 6.07) is 17.1. The molecule has 27 heavy (non-hydrogen) atoms. The van der Waals surface area contributed by atoms with Crippen molar-refractivity contribution in [2.45, 2.75) is 31.8 Å². The van der Waals surface area contributed by atoms with Crippen LogP contribution in [-0.2, 0) is 22.7 Å². The van der Waals surface area contributed by atoms with Crippen LogP contribution < -0.4 is 4.74 Å². The first kappa shape index (κ1) is 21.3. The zero-order valence-electron chi connectivity index (χ0n) is 15.4. The molecule has 2 aromatic carbocycles. The van der Waals surface area contributed by atoms with Gasteiger partial charge in [0.15, 0.2) is 0 Å². The Morgan fingerprint density at radius 1 is 0.704 bits per heavy atom. The van der Waals surface area contributed by atoms with E-state index < -0.39 is 12.2 Å². The Balaban J connectivity index is 1.61. The third kappa shape index (κ3) is 8.99. The van der Waals surface area contributed by atoms with Crippen LogP contribution in [0.2, 0.25) is 0 Å². The molecule has 148 valence electrons. The van der Waals surface area contributed by atoms with Crippen LogP contribution in [0.1, 0.15) is 17.5 Å². The maximum atomic E-state index is 9.94. The Morgan fingerprint density at radius 3 is 1.93 bits per heavy atom. The van der Waals surface area contributed by atoms with Gasteiger partial charge in [-0.3, -0.25) is 0 Å². The lowest BCUT2D eigenvalue weighted by molar-refractivity contribution is 0.00545. The molecular weight excluding hydrogens is 348 g/mol. The summed E-state index contributed by atoms with van der Waals surface area (Å²) in [6.07, 6.45) is -1.04. The van der Waals surface area contributed by atoms with E-state index in [4.69, 9.17) is 19.3 Å². The first-order chi connectivity index (χ1) is 13.2. The Bertz CT molecular complexity index is 616. The van der Waals surface area contributed by atoms with E-state index in [9.17, 15) is 10.2 Å². The molecule has 6 heteroatoms. The van der Waals surface area contributed by atoms with Gasteiger partial charge >= 0.3 is 0 Å². The molecule has 2 unspecified atom stereocenters. The van der Waals surface area contributed by atoms with Gasteiger partial charge < -0.3 is 29.5 Å². The van der Waals surface area contributed by atoms with Crippen molar-refractivity contribution >= 4 is 0 Å². The van der Waals surface area contributed by atoms with Gasteiger partial charge in [0.1, 0.15) is 18.5 Å². The molecule has 0 aliphatic rings. The Labute approximate surface area is 159 Å². The maximum Gasteiger partial charge on any atom is 0.119 e. The van der Waals surface area contributed by atoms with Crippen molar-refractivity contribution < 1.29 is 29.5 Å². The second-order valence-electron chi connectivity index (χ2n) is 6.29. The third-order valence-corrected chi connectivity index (χ3v) is 3.83. The van der Waals surface area contributed by atoms with Crippen molar-refractivity contribution in [1.82, 2.24) is 0 Å². The minimum atomic E-state index is -0.704. The molecule has 0 spiro atoms. The van der Waals surface area contributed by atoms with Gasteiger partial charge in [-0.25, -0.2) is 0 Å². The van der Waals surface area contributed by atoms with Crippen molar-refractivity contribution in [3.05, 3.63) is 65.7 Å². The molecule has 0 amide bonds. The molecule has 2 aromatic rings. The lowest BCUT2D eigenvalue weighted by Gasteiger charge is -2.13. The van der Waals surface area contributed by atoms with Crippen LogP contribution in [0.25, 0.3) is 0 Å². The van der Waals surface area contributed by atoms with E-state index in [0.29, 0.717) is 25.4 Å². The maximum absolute atomic E-state index is 9.94. The summed E-state index contributed by atoms with van der Waals surface area (Å²) in [5.41, 5.74) is 2.01. The highest BCUT2D eigenvalue weighted by Crippen LogP contribution is 2.13. The van der Waals surface area contributed by atoms with Gasteiger partial charge in [-0.1, -0.05) is 42.5 Å². The molecular formula is C21H28O6. The predicted octanol–water partition coefficient (Wildman–Crippen LogP) is 1.90. The first-order valence-corrected chi connectivity index (χ1v) is 9.05. The fourth-order valence-corrected chi connectivity index (χ4v) is 2.35. The van der Waals surface area contributed by atoms with Crippen LogP contribution in [0.5, 0.6) is 5.75 Å². The molecule has 2 atom stereocenters. The summed E-state index contributed by atoms with van der Waals surface area (Å²) < 4.78 is 16.4. The summed E-state index contributed by atoms with van der Waals surface area (Å²) in [7, 11) is 0. The molecule has 0 heterocycles. The number of aliphatic hydroxyl groups is 3. The van der Waals surface area contributed by atoms with Crippen molar-refractivity contribution in [3.8, 4) is 5.75 Å². The molecule has 0 aliphatic carbocycles. The molecule has 0 saturated carbocycles. The van der Waals surface area contributed by atoms with Crippen molar-refractivity contribution in [3.63, 3.8) is 0 Å². The van der Waals surface area contributed by atoms with E-state index in [1.165, 1.54) is 0 Å². The van der Waals surface area contributed by atoms with Gasteiger partial charge in [0.05, 0.1) is 32.5 Å². The van der Waals surface area contributed by atoms with Gasteiger partial charge in [-0.15, -0.1) is 0 Å². The van der Waals surface area contributed by atoms with E-state index in [1.54, 1.807) is 12.1 Å². The SMILES string of the molecule is OCCC(O)COCc1ccc(OCC(O)COCc2ccccc2)cc1. The average Bonchev–Trinajstić information content (AvgIpc) is 2.68. The predicted molar refractivity (Wildman–Crippen MR) is 101 cm³/mol. The molecule has 6 nitrogen and oxygen atoms in total. The highest BCUT2D eigenvalue weighted by Gasteiger charge is 2.07. The minimum Gasteiger partial charge on any atom is -0.491 e. The van der Waals surface area contributed by atoms with Gasteiger partial charge in [-0.2, -0.15) is 0 Å². The second-order valence-corrected chi connectivity index (χ2v) is 6.29. The smallest absolute Gasteiger partial charge is 0.119 e. The van der Waals surface area contributed by atoms with E-state index >= 15 is 0 Å². The average molecular weight is 376 g/mol. The van der Waals surface area contributed by atoms with Crippen molar-refractivity contribution in [1.29, 1.82) is 0 Å². The molecule has 0 radical (unpaired) electrons. The molecule has 3 N–H and O–H groups in total. The first-order valence-electron chi connectivity index (χ1n) is 9.05. The Kier molecular flexibility index (Phi) is 9.83. The quantitative estimate of drug-likeness (QED) is 0.495. The van der Waals surface area contributed by atoms with Gasteiger partial charge in [0.25, 0.3) is 0 Å². The monoisotopic (exact) mass is 376 g/mol. The second kappa shape index (κ2) is 12.4. The van der Waals surface area contributed by atoms with Crippen LogP contribution in [0.15, 0.2) is 54.6 Å². The van der Waals surface area contributed by atoms with Crippen LogP contribution in [0.3, 0.4) is 0 Å². The lowest BCUT2D eigenvalue weighted by Crippen LogP contribution is -2.23. The van der Waals surface area contributed by atoms with Crippen molar-refractivity contribution in [2.75, 3.05) is 26.4 Å². The molecule has 0 saturated heterocycles. The summed E-state index contributed by atoms with van der Waals surface area (Å²) >= 11 is 0. The van der Waals surface area contributed by atoms with Crippen LogP contribution in [0.4, 0.5) is 0 Å². The normalized spacial score (nSPS) is 13.3. The van der Waals surface area contributed by atoms with E-state index in [-0.39, 0.29) is 26.4 Å². The van der Waals surface area contributed by atoms with Gasteiger partial charge in [-0.05, 0) is 29.7 Å². The number of rotatable bonds is 13. The zero-order chi connectivity index (χ0) is 19.3. The molecule has 0 bridgehead atoms. The Morgan fingerprint density at radius 2 is 1.30 bits per heavy atom. The summed E-state index contributed by atoms with van der Waals surface area (Å²) in [5, 5.41) is 28.1. The standard InChI is InChI=1S/C21H28O6/c22-11-10-19(23)14-25-13-18-6-8-21(9-7-18)27-16-20(24)15-26-12-17-4-2-1-3-5-17/h1-9,19-20,22-24H,10-16H2. The van der Waals surface area contributed by atoms with E-state index in [0.717, 1.165) is 11.1 Å². The topological polar surface area (TPSA) is 88.4 Å². The highest BCUT2D eigenvalue weighted by molar-refractivity contribution is 5.26. The largest absolute Gasteiger partial charge is 0.491 e. The Hall–Kier alpha value is -1.96. The zero-order valence-corrected chi connectivity index (χ0v) is 15.4. The third-order valence-electron chi connectivity index (χ3n) is 3.83. The van der Waals surface area contributed by atoms with Gasteiger partial charge in [0, 0.05) is 6.61 Å². The van der Waals surface area contributed by atoms with Gasteiger partial charge in [0.2, 0.25) is 0 Å². The number of ether oxygens (including phenoxy) is 3. The summed E-state index contributed by atoms with van der Waals surface area (Å²) in [6.45, 7) is 1.32. The molecule has 0 aromatic heterocycles. The summed E-state index contributed by atoms with van der Waals surface area (Å²) in [4.78, 5) is 0. The molecule has 2 rings (SSSR count). The number of aliphatic hydroxyl groups excluding tert-OH is 3. The molecule has 0 fully saturated rings. The summed E-state index contributed by atoms with van der Waals surface area (Å²) in [5.74, 6) is 0.654. The van der Waals surface area contributed by atoms with Crippen LogP contribution >= 0.6 is 0 Å². The minimum absolute atomic E-state index is 0.0558. The number of benzene rings is 2.